The minimum atomic E-state index is -4.44. The minimum absolute atomic E-state index is 0.139. The van der Waals surface area contributed by atoms with Crippen LogP contribution in [0.1, 0.15) is 52.0 Å². The monoisotopic (exact) mass is 589 g/mol. The molecular weight excluding hydrogens is 559 g/mol. The summed E-state index contributed by atoms with van der Waals surface area (Å²) in [6, 6.07) is 10.8. The van der Waals surface area contributed by atoms with Crippen molar-refractivity contribution in [3.05, 3.63) is 75.2 Å². The van der Waals surface area contributed by atoms with Gasteiger partial charge in [0.25, 0.3) is 5.91 Å². The summed E-state index contributed by atoms with van der Waals surface area (Å²) in [5, 5.41) is 2.34. The van der Waals surface area contributed by atoms with Crippen LogP contribution in [0.2, 0.25) is 0 Å². The number of carbonyl (C=O) groups is 2. The smallest absolute Gasteiger partial charge is 0.416 e. The van der Waals surface area contributed by atoms with Gasteiger partial charge in [0, 0.05) is 31.6 Å². The standard InChI is InChI=1S/C29H30F3N3O5S/c1-2-38-28(37)21-6-4-10-35(15-21)27(36)23-17-41-26(33-23)16-34(13-19-5-3-7-22(11-19)29(30,31)32)14-20-8-9-24-25(12-20)40-18-39-24/h3,5,7-9,11-12,17,21H,2,4,6,10,13-16,18H2,1H3. The van der Waals surface area contributed by atoms with Crippen LogP contribution in [-0.4, -0.2) is 53.1 Å². The number of benzene rings is 2. The van der Waals surface area contributed by atoms with Crippen LogP contribution in [0.5, 0.6) is 11.5 Å². The van der Waals surface area contributed by atoms with Crippen LogP contribution in [-0.2, 0) is 35.3 Å². The van der Waals surface area contributed by atoms with Gasteiger partial charge >= 0.3 is 12.1 Å². The van der Waals surface area contributed by atoms with Crippen molar-refractivity contribution in [2.75, 3.05) is 26.5 Å². The molecule has 1 fully saturated rings. The van der Waals surface area contributed by atoms with Crippen molar-refractivity contribution >= 4 is 23.2 Å². The van der Waals surface area contributed by atoms with Crippen molar-refractivity contribution < 1.29 is 37.0 Å². The molecule has 12 heteroatoms. The summed E-state index contributed by atoms with van der Waals surface area (Å²) in [4.78, 5) is 33.6. The lowest BCUT2D eigenvalue weighted by Crippen LogP contribution is -2.43. The van der Waals surface area contributed by atoms with Gasteiger partial charge in [0.15, 0.2) is 11.5 Å². The number of nitrogens with zero attached hydrogens (tertiary/aromatic N) is 3. The Bertz CT molecular complexity index is 1400. The molecule has 2 aromatic carbocycles. The molecular formula is C29H30F3N3O5S. The summed E-state index contributed by atoms with van der Waals surface area (Å²) in [6.45, 7) is 3.96. The molecule has 1 amide bonds. The summed E-state index contributed by atoms with van der Waals surface area (Å²) in [6.07, 6.45) is -3.06. The maximum atomic E-state index is 13.4. The molecule has 8 nitrogen and oxygen atoms in total. The third-order valence-electron chi connectivity index (χ3n) is 6.96. The first-order valence-electron chi connectivity index (χ1n) is 13.4. The highest BCUT2D eigenvalue weighted by atomic mass is 32.1. The van der Waals surface area contributed by atoms with Crippen LogP contribution >= 0.6 is 11.3 Å². The Labute approximate surface area is 239 Å². The molecule has 1 saturated heterocycles. The fraction of sp³-hybridized carbons (Fsp3) is 0.414. The highest BCUT2D eigenvalue weighted by Gasteiger charge is 2.32. The predicted molar refractivity (Wildman–Crippen MR) is 144 cm³/mol. The van der Waals surface area contributed by atoms with Crippen LogP contribution in [0.25, 0.3) is 0 Å². The fourth-order valence-electron chi connectivity index (χ4n) is 5.02. The Hall–Kier alpha value is -3.64. The normalized spacial score (nSPS) is 16.7. The van der Waals surface area contributed by atoms with Gasteiger partial charge in [-0.25, -0.2) is 4.98 Å². The number of amides is 1. The van der Waals surface area contributed by atoms with E-state index in [1.807, 2.05) is 23.1 Å². The number of piperidine rings is 1. The van der Waals surface area contributed by atoms with Crippen molar-refractivity contribution in [2.45, 2.75) is 45.6 Å². The number of hydrogen-bond acceptors (Lipinski definition) is 8. The van der Waals surface area contributed by atoms with E-state index in [9.17, 15) is 22.8 Å². The maximum absolute atomic E-state index is 13.4. The van der Waals surface area contributed by atoms with Crippen LogP contribution < -0.4 is 9.47 Å². The molecule has 41 heavy (non-hydrogen) atoms. The average molecular weight is 590 g/mol. The predicted octanol–water partition coefficient (Wildman–Crippen LogP) is 5.51. The number of rotatable bonds is 9. The first kappa shape index (κ1) is 28.9. The van der Waals surface area contributed by atoms with E-state index in [1.165, 1.54) is 17.4 Å². The Morgan fingerprint density at radius 1 is 1.10 bits per heavy atom. The third kappa shape index (κ3) is 7.17. The summed E-state index contributed by atoms with van der Waals surface area (Å²) in [7, 11) is 0. The molecule has 2 aliphatic heterocycles. The Kier molecular flexibility index (Phi) is 8.79. The van der Waals surface area contributed by atoms with Gasteiger partial charge in [-0.1, -0.05) is 24.3 Å². The molecule has 1 unspecified atom stereocenters. The Balaban J connectivity index is 1.32. The summed E-state index contributed by atoms with van der Waals surface area (Å²) >= 11 is 1.32. The van der Waals surface area contributed by atoms with Gasteiger partial charge in [-0.2, -0.15) is 13.2 Å². The first-order valence-corrected chi connectivity index (χ1v) is 14.2. The number of alkyl halides is 3. The zero-order valence-corrected chi connectivity index (χ0v) is 23.3. The molecule has 218 valence electrons. The zero-order chi connectivity index (χ0) is 29.0. The minimum Gasteiger partial charge on any atom is -0.466 e. The number of carbonyl (C=O) groups excluding carboxylic acids is 2. The lowest BCUT2D eigenvalue weighted by Gasteiger charge is -2.31. The van der Waals surface area contributed by atoms with E-state index in [0.29, 0.717) is 61.2 Å². The van der Waals surface area contributed by atoms with Gasteiger partial charge < -0.3 is 19.1 Å². The number of esters is 1. The quantitative estimate of drug-likeness (QED) is 0.305. The summed E-state index contributed by atoms with van der Waals surface area (Å²) < 4.78 is 56.1. The van der Waals surface area contributed by atoms with Crippen LogP contribution in [0.15, 0.2) is 47.8 Å². The number of thiazole rings is 1. The topological polar surface area (TPSA) is 81.2 Å². The molecule has 1 atom stereocenters. The van der Waals surface area contributed by atoms with Crippen molar-refractivity contribution in [1.82, 2.24) is 14.8 Å². The number of ether oxygens (including phenoxy) is 3. The van der Waals surface area contributed by atoms with E-state index in [4.69, 9.17) is 14.2 Å². The summed E-state index contributed by atoms with van der Waals surface area (Å²) in [5.41, 5.74) is 0.985. The van der Waals surface area contributed by atoms with Gasteiger partial charge in [-0.3, -0.25) is 14.5 Å². The van der Waals surface area contributed by atoms with Crippen molar-refractivity contribution in [1.29, 1.82) is 0 Å². The molecule has 1 aromatic heterocycles. The number of likely N-dealkylation sites (tertiary alicyclic amines) is 1. The molecule has 0 bridgehead atoms. The number of fused-ring (bicyclic) bond motifs is 1. The lowest BCUT2D eigenvalue weighted by atomic mass is 9.98. The van der Waals surface area contributed by atoms with Crippen molar-refractivity contribution in [3.8, 4) is 11.5 Å². The molecule has 3 aromatic rings. The Morgan fingerprint density at radius 2 is 1.88 bits per heavy atom. The molecule has 0 spiro atoms. The van der Waals surface area contributed by atoms with Gasteiger partial charge in [-0.05, 0) is 49.1 Å². The van der Waals surface area contributed by atoms with Gasteiger partial charge in [0.2, 0.25) is 6.79 Å². The molecule has 0 aliphatic carbocycles. The molecule has 0 N–H and O–H groups in total. The maximum Gasteiger partial charge on any atom is 0.416 e. The number of aromatic nitrogens is 1. The first-order chi connectivity index (χ1) is 19.7. The largest absolute Gasteiger partial charge is 0.466 e. The van der Waals surface area contributed by atoms with E-state index >= 15 is 0 Å². The fourth-order valence-corrected chi connectivity index (χ4v) is 5.83. The average Bonchev–Trinajstić information content (AvgIpc) is 3.62. The van der Waals surface area contributed by atoms with Crippen molar-refractivity contribution in [3.63, 3.8) is 0 Å². The van der Waals surface area contributed by atoms with E-state index in [0.717, 1.165) is 17.7 Å². The van der Waals surface area contributed by atoms with Gasteiger partial charge in [0.1, 0.15) is 10.7 Å². The Morgan fingerprint density at radius 3 is 2.66 bits per heavy atom. The van der Waals surface area contributed by atoms with E-state index in [-0.39, 0.29) is 43.4 Å². The second-order valence-corrected chi connectivity index (χ2v) is 10.9. The van der Waals surface area contributed by atoms with Crippen molar-refractivity contribution in [2.24, 2.45) is 5.92 Å². The number of halogens is 3. The lowest BCUT2D eigenvalue weighted by molar-refractivity contribution is -0.149. The molecule has 5 rings (SSSR count). The van der Waals surface area contributed by atoms with Gasteiger partial charge in [0.05, 0.1) is 24.6 Å². The highest BCUT2D eigenvalue weighted by Crippen LogP contribution is 2.34. The molecule has 3 heterocycles. The van der Waals surface area contributed by atoms with Crippen LogP contribution in [0.3, 0.4) is 0 Å². The summed E-state index contributed by atoms with van der Waals surface area (Å²) in [5.74, 6) is 0.366. The molecule has 2 aliphatic rings. The van der Waals surface area contributed by atoms with E-state index < -0.39 is 11.7 Å². The second kappa shape index (κ2) is 12.5. The number of hydrogen-bond donors (Lipinski definition) is 0. The third-order valence-corrected chi connectivity index (χ3v) is 7.80. The molecule has 0 radical (unpaired) electrons. The van der Waals surface area contributed by atoms with Crippen LogP contribution in [0, 0.1) is 5.92 Å². The van der Waals surface area contributed by atoms with E-state index in [2.05, 4.69) is 4.98 Å². The van der Waals surface area contributed by atoms with Gasteiger partial charge in [-0.15, -0.1) is 11.3 Å². The molecule has 0 saturated carbocycles. The second-order valence-electron chi connectivity index (χ2n) is 10.00. The SMILES string of the molecule is CCOC(=O)C1CCCN(C(=O)c2csc(CN(Cc3cccc(C(F)(F)F)c3)Cc3ccc4c(c3)OCO4)n2)C1. The zero-order valence-electron chi connectivity index (χ0n) is 22.5. The van der Waals surface area contributed by atoms with E-state index in [1.54, 1.807) is 23.3 Å². The van der Waals surface area contributed by atoms with Crippen LogP contribution in [0.4, 0.5) is 13.2 Å². The highest BCUT2D eigenvalue weighted by molar-refractivity contribution is 7.09.